The van der Waals surface area contributed by atoms with Gasteiger partial charge in [0.25, 0.3) is 0 Å². The molecule has 0 saturated carbocycles. The van der Waals surface area contributed by atoms with Crippen molar-refractivity contribution < 1.29 is 4.74 Å². The van der Waals surface area contributed by atoms with E-state index < -0.39 is 0 Å². The maximum absolute atomic E-state index is 5.64. The van der Waals surface area contributed by atoms with Gasteiger partial charge < -0.3 is 15.4 Å². The molecule has 5 heteroatoms. The van der Waals surface area contributed by atoms with E-state index in [-0.39, 0.29) is 12.1 Å². The molecule has 3 nitrogen and oxygen atoms in total. The number of ether oxygens (including phenoxy) is 1. The molecule has 1 fully saturated rings. The van der Waals surface area contributed by atoms with Crippen LogP contribution in [0.5, 0.6) is 0 Å². The zero-order valence-electron chi connectivity index (χ0n) is 14.0. The van der Waals surface area contributed by atoms with Crippen LogP contribution in [0.15, 0.2) is 41.8 Å². The minimum atomic E-state index is 0.0837. The lowest BCUT2D eigenvalue weighted by Gasteiger charge is -2.21. The topological polar surface area (TPSA) is 33.3 Å². The summed E-state index contributed by atoms with van der Waals surface area (Å²) in [5.41, 5.74) is 2.58. The van der Waals surface area contributed by atoms with Crippen molar-refractivity contribution in [3.05, 3.63) is 57.8 Å². The lowest BCUT2D eigenvalue weighted by Crippen LogP contribution is -2.41. The van der Waals surface area contributed by atoms with Crippen molar-refractivity contribution in [3.63, 3.8) is 0 Å². The normalized spacial score (nSPS) is 18.3. The molecule has 1 aliphatic rings. The smallest absolute Gasteiger partial charge is 0.167 e. The van der Waals surface area contributed by atoms with E-state index in [1.165, 1.54) is 16.0 Å². The number of nitrogens with one attached hydrogen (secondary N) is 2. The Bertz CT molecular complexity index is 634. The Morgan fingerprint density at radius 3 is 2.79 bits per heavy atom. The summed E-state index contributed by atoms with van der Waals surface area (Å²) in [6, 6.07) is 13.1. The first-order valence-electron chi connectivity index (χ1n) is 8.54. The largest absolute Gasteiger partial charge is 0.376 e. The Balaban J connectivity index is 1.66. The van der Waals surface area contributed by atoms with Gasteiger partial charge >= 0.3 is 0 Å². The summed E-state index contributed by atoms with van der Waals surface area (Å²) in [7, 11) is 0. The van der Waals surface area contributed by atoms with E-state index in [4.69, 9.17) is 17.0 Å². The Morgan fingerprint density at radius 2 is 2.17 bits per heavy atom. The fourth-order valence-corrected chi connectivity index (χ4v) is 3.92. The van der Waals surface area contributed by atoms with Crippen molar-refractivity contribution >= 4 is 28.7 Å². The summed E-state index contributed by atoms with van der Waals surface area (Å²) in [6.07, 6.45) is 3.60. The molecule has 24 heavy (non-hydrogen) atoms. The van der Waals surface area contributed by atoms with Crippen molar-refractivity contribution in [2.75, 3.05) is 13.2 Å². The van der Waals surface area contributed by atoms with Crippen LogP contribution in [0.3, 0.4) is 0 Å². The molecule has 1 aliphatic heterocycles. The molecule has 0 unspecified atom stereocenters. The monoisotopic (exact) mass is 360 g/mol. The van der Waals surface area contributed by atoms with Gasteiger partial charge in [0.1, 0.15) is 0 Å². The first-order chi connectivity index (χ1) is 11.8. The van der Waals surface area contributed by atoms with Gasteiger partial charge in [-0.1, -0.05) is 37.3 Å². The van der Waals surface area contributed by atoms with E-state index in [0.29, 0.717) is 5.11 Å². The summed E-state index contributed by atoms with van der Waals surface area (Å²) < 4.78 is 5.64. The second-order valence-electron chi connectivity index (χ2n) is 6.03. The number of hydrogen-bond acceptors (Lipinski definition) is 3. The van der Waals surface area contributed by atoms with Crippen LogP contribution in [-0.2, 0) is 11.2 Å². The molecule has 0 aliphatic carbocycles. The third kappa shape index (κ3) is 4.56. The van der Waals surface area contributed by atoms with Crippen LogP contribution in [0, 0.1) is 0 Å². The molecule has 0 spiro atoms. The highest BCUT2D eigenvalue weighted by atomic mass is 32.1. The molecule has 1 saturated heterocycles. The van der Waals surface area contributed by atoms with Gasteiger partial charge in [0.15, 0.2) is 5.11 Å². The molecule has 1 aromatic carbocycles. The number of rotatable bonds is 6. The van der Waals surface area contributed by atoms with E-state index in [9.17, 15) is 0 Å². The van der Waals surface area contributed by atoms with Crippen molar-refractivity contribution in [2.45, 2.75) is 38.3 Å². The van der Waals surface area contributed by atoms with E-state index >= 15 is 0 Å². The zero-order valence-corrected chi connectivity index (χ0v) is 15.6. The predicted molar refractivity (Wildman–Crippen MR) is 105 cm³/mol. The molecule has 128 valence electrons. The Hall–Kier alpha value is -1.43. The minimum Gasteiger partial charge on any atom is -0.376 e. The highest BCUT2D eigenvalue weighted by molar-refractivity contribution is 7.80. The highest BCUT2D eigenvalue weighted by Gasteiger charge is 2.18. The molecule has 3 rings (SSSR count). The van der Waals surface area contributed by atoms with Crippen molar-refractivity contribution in [2.24, 2.45) is 0 Å². The van der Waals surface area contributed by atoms with Gasteiger partial charge in [-0.05, 0) is 54.1 Å². The standard InChI is InChI=1S/C19H24N2OS2/c1-2-14-7-9-15(10-8-14)18(17-6-4-12-24-17)21-19(23)20-13-16-5-3-11-22-16/h4,6-10,12,16,18H,2-3,5,11,13H2,1H3,(H2,20,21,23)/t16-,18+/m1/s1. The third-order valence-corrected chi connectivity index (χ3v) is 5.54. The molecule has 0 bridgehead atoms. The average molecular weight is 361 g/mol. The lowest BCUT2D eigenvalue weighted by molar-refractivity contribution is 0.114. The molecule has 2 atom stereocenters. The molecule has 2 aromatic rings. The van der Waals surface area contributed by atoms with Gasteiger partial charge in [0.2, 0.25) is 0 Å². The summed E-state index contributed by atoms with van der Waals surface area (Å²) in [5.74, 6) is 0. The SMILES string of the molecule is CCc1ccc([C@H](NC(=S)NC[C@H]2CCCO2)c2cccs2)cc1. The average Bonchev–Trinajstić information content (AvgIpc) is 3.31. The first-order valence-corrected chi connectivity index (χ1v) is 9.83. The zero-order chi connectivity index (χ0) is 16.8. The molecule has 1 aromatic heterocycles. The van der Waals surface area contributed by atoms with Gasteiger partial charge in [-0.2, -0.15) is 0 Å². The number of aryl methyl sites for hydroxylation is 1. The van der Waals surface area contributed by atoms with Crippen molar-refractivity contribution in [1.29, 1.82) is 0 Å². The van der Waals surface area contributed by atoms with Crippen LogP contribution in [-0.4, -0.2) is 24.4 Å². The number of thiophene rings is 1. The van der Waals surface area contributed by atoms with Crippen molar-refractivity contribution in [3.8, 4) is 0 Å². The van der Waals surface area contributed by atoms with Crippen LogP contribution in [0.4, 0.5) is 0 Å². The van der Waals surface area contributed by atoms with Gasteiger partial charge in [-0.25, -0.2) is 0 Å². The van der Waals surface area contributed by atoms with E-state index in [1.807, 2.05) is 0 Å². The van der Waals surface area contributed by atoms with E-state index in [0.717, 1.165) is 32.4 Å². The fraction of sp³-hybridized carbons (Fsp3) is 0.421. The molecule has 2 N–H and O–H groups in total. The van der Waals surface area contributed by atoms with Crippen LogP contribution in [0.25, 0.3) is 0 Å². The Morgan fingerprint density at radius 1 is 1.33 bits per heavy atom. The summed E-state index contributed by atoms with van der Waals surface area (Å²) in [5, 5.41) is 9.57. The van der Waals surface area contributed by atoms with Gasteiger partial charge in [0, 0.05) is 18.0 Å². The van der Waals surface area contributed by atoms with Crippen LogP contribution >= 0.6 is 23.6 Å². The van der Waals surface area contributed by atoms with Crippen LogP contribution in [0.1, 0.15) is 41.8 Å². The molecule has 2 heterocycles. The maximum Gasteiger partial charge on any atom is 0.167 e. The van der Waals surface area contributed by atoms with Crippen LogP contribution < -0.4 is 10.6 Å². The molecule has 0 amide bonds. The molecular weight excluding hydrogens is 336 g/mol. The Kier molecular flexibility index (Phi) is 6.24. The van der Waals surface area contributed by atoms with E-state index in [2.05, 4.69) is 59.3 Å². The van der Waals surface area contributed by atoms with Crippen LogP contribution in [0.2, 0.25) is 0 Å². The second kappa shape index (κ2) is 8.60. The van der Waals surface area contributed by atoms with Gasteiger partial charge in [-0.3, -0.25) is 0 Å². The van der Waals surface area contributed by atoms with Gasteiger partial charge in [0.05, 0.1) is 12.1 Å². The fourth-order valence-electron chi connectivity index (χ4n) is 2.91. The minimum absolute atomic E-state index is 0.0837. The number of hydrogen-bond donors (Lipinski definition) is 2. The Labute approximate surface area is 153 Å². The second-order valence-corrected chi connectivity index (χ2v) is 7.42. The third-order valence-electron chi connectivity index (χ3n) is 4.34. The molecular formula is C19H24N2OS2. The predicted octanol–water partition coefficient (Wildman–Crippen LogP) is 4.04. The number of benzene rings is 1. The lowest BCUT2D eigenvalue weighted by atomic mass is 10.0. The van der Waals surface area contributed by atoms with Crippen molar-refractivity contribution in [1.82, 2.24) is 10.6 Å². The van der Waals surface area contributed by atoms with Gasteiger partial charge in [-0.15, -0.1) is 11.3 Å². The summed E-state index contributed by atoms with van der Waals surface area (Å²) >= 11 is 7.26. The summed E-state index contributed by atoms with van der Waals surface area (Å²) in [4.78, 5) is 1.26. The quantitative estimate of drug-likeness (QED) is 0.762. The van der Waals surface area contributed by atoms with E-state index in [1.54, 1.807) is 11.3 Å². The first kappa shape index (κ1) is 17.4. The summed E-state index contributed by atoms with van der Waals surface area (Å²) in [6.45, 7) is 3.82. The highest BCUT2D eigenvalue weighted by Crippen LogP contribution is 2.26. The maximum atomic E-state index is 5.64. The molecule has 0 radical (unpaired) electrons. The number of thiocarbonyl (C=S) groups is 1.